The molecule has 5 rings (SSSR count). The molecule has 0 spiro atoms. The van der Waals surface area contributed by atoms with E-state index in [9.17, 15) is 9.59 Å². The lowest BCUT2D eigenvalue weighted by atomic mass is 10.1. The predicted octanol–water partition coefficient (Wildman–Crippen LogP) is 3.09. The quantitative estimate of drug-likeness (QED) is 0.439. The van der Waals surface area contributed by atoms with Gasteiger partial charge < -0.3 is 10.1 Å². The van der Waals surface area contributed by atoms with Crippen molar-refractivity contribution in [3.05, 3.63) is 106 Å². The van der Waals surface area contributed by atoms with Crippen LogP contribution in [0.15, 0.2) is 83.7 Å². The number of benzene rings is 3. The summed E-state index contributed by atoms with van der Waals surface area (Å²) in [6.07, 6.45) is 0. The summed E-state index contributed by atoms with van der Waals surface area (Å²) < 4.78 is 9.27. The third kappa shape index (κ3) is 3.82. The Labute approximate surface area is 189 Å². The second-order valence-electron chi connectivity index (χ2n) is 7.59. The summed E-state index contributed by atoms with van der Waals surface area (Å²) in [7, 11) is 1.66. The maximum absolute atomic E-state index is 12.8. The standard InChI is InChI=1S/C25H21N5O3/c1-29-24(32)18-11-5-7-13-20(18)30-22(27-28-25(29)30)16-33-21-14-8-6-12-19(21)23(31)26-15-17-9-3-2-4-10-17/h2-14H,15-16H2,1H3,(H,26,31). The average Bonchev–Trinajstić information content (AvgIpc) is 3.30. The van der Waals surface area contributed by atoms with Gasteiger partial charge in [0.15, 0.2) is 5.82 Å². The number of carbonyl (C=O) groups excluding carboxylic acids is 1. The number of ether oxygens (including phenoxy) is 1. The Hall–Kier alpha value is -4.46. The van der Waals surface area contributed by atoms with Gasteiger partial charge in [-0.05, 0) is 29.8 Å². The molecule has 1 N–H and O–H groups in total. The molecular formula is C25H21N5O3. The van der Waals surface area contributed by atoms with Crippen LogP contribution in [0.3, 0.4) is 0 Å². The highest BCUT2D eigenvalue weighted by molar-refractivity contribution is 5.96. The number of amides is 1. The molecule has 0 aliphatic rings. The van der Waals surface area contributed by atoms with E-state index in [1.807, 2.05) is 54.6 Å². The lowest BCUT2D eigenvalue weighted by Crippen LogP contribution is -2.23. The average molecular weight is 439 g/mol. The molecule has 0 saturated heterocycles. The normalized spacial score (nSPS) is 11.1. The van der Waals surface area contributed by atoms with Crippen LogP contribution in [-0.4, -0.2) is 25.1 Å². The van der Waals surface area contributed by atoms with Crippen molar-refractivity contribution in [1.82, 2.24) is 24.5 Å². The minimum Gasteiger partial charge on any atom is -0.485 e. The predicted molar refractivity (Wildman–Crippen MR) is 124 cm³/mol. The zero-order valence-corrected chi connectivity index (χ0v) is 17.9. The SMILES string of the molecule is Cn1c(=O)c2ccccc2n2c(COc3ccccc3C(=O)NCc3ccccc3)nnc12. The third-order valence-electron chi connectivity index (χ3n) is 5.48. The molecule has 5 aromatic rings. The minimum absolute atomic E-state index is 0.0757. The van der Waals surface area contributed by atoms with Crippen LogP contribution in [0.2, 0.25) is 0 Å². The van der Waals surface area contributed by atoms with Gasteiger partial charge in [-0.25, -0.2) is 0 Å². The number of para-hydroxylation sites is 2. The number of nitrogens with zero attached hydrogens (tertiary/aromatic N) is 4. The molecular weight excluding hydrogens is 418 g/mol. The molecule has 0 fully saturated rings. The van der Waals surface area contributed by atoms with Crippen LogP contribution < -0.4 is 15.6 Å². The molecule has 2 heterocycles. The van der Waals surface area contributed by atoms with Crippen molar-refractivity contribution >= 4 is 22.6 Å². The largest absolute Gasteiger partial charge is 0.485 e. The first-order chi connectivity index (χ1) is 16.1. The highest BCUT2D eigenvalue weighted by Gasteiger charge is 2.17. The number of hydrogen-bond donors (Lipinski definition) is 1. The zero-order chi connectivity index (χ0) is 22.8. The van der Waals surface area contributed by atoms with E-state index in [1.165, 1.54) is 4.57 Å². The molecule has 8 heteroatoms. The van der Waals surface area contributed by atoms with Crippen LogP contribution >= 0.6 is 0 Å². The van der Waals surface area contributed by atoms with Crippen LogP contribution in [0.25, 0.3) is 16.7 Å². The molecule has 0 atom stereocenters. The van der Waals surface area contributed by atoms with Gasteiger partial charge in [0.2, 0.25) is 5.78 Å². The fourth-order valence-corrected chi connectivity index (χ4v) is 3.78. The van der Waals surface area contributed by atoms with E-state index < -0.39 is 0 Å². The Kier molecular flexibility index (Phi) is 5.32. The van der Waals surface area contributed by atoms with E-state index in [1.54, 1.807) is 35.7 Å². The first-order valence-electron chi connectivity index (χ1n) is 10.5. The molecule has 0 bridgehead atoms. The number of aryl methyl sites for hydroxylation is 1. The van der Waals surface area contributed by atoms with Crippen molar-refractivity contribution in [3.8, 4) is 5.75 Å². The lowest BCUT2D eigenvalue weighted by Gasteiger charge is -2.12. The number of carbonyl (C=O) groups is 1. The molecule has 0 saturated carbocycles. The fraction of sp³-hybridized carbons (Fsp3) is 0.120. The van der Waals surface area contributed by atoms with Gasteiger partial charge in [0.25, 0.3) is 11.5 Å². The maximum Gasteiger partial charge on any atom is 0.262 e. The van der Waals surface area contributed by atoms with Crippen molar-refractivity contribution < 1.29 is 9.53 Å². The van der Waals surface area contributed by atoms with Gasteiger partial charge in [0.05, 0.1) is 16.5 Å². The minimum atomic E-state index is -0.228. The lowest BCUT2D eigenvalue weighted by molar-refractivity contribution is 0.0946. The number of aromatic nitrogens is 4. The highest BCUT2D eigenvalue weighted by Crippen LogP contribution is 2.20. The summed E-state index contributed by atoms with van der Waals surface area (Å²) in [5.74, 6) is 1.16. The summed E-state index contributed by atoms with van der Waals surface area (Å²) >= 11 is 0. The van der Waals surface area contributed by atoms with Crippen molar-refractivity contribution in [2.45, 2.75) is 13.2 Å². The van der Waals surface area contributed by atoms with Crippen molar-refractivity contribution in [1.29, 1.82) is 0 Å². The number of rotatable bonds is 6. The second kappa shape index (κ2) is 8.58. The Morgan fingerprint density at radius 3 is 2.52 bits per heavy atom. The molecule has 0 unspecified atom stereocenters. The van der Waals surface area contributed by atoms with Crippen molar-refractivity contribution in [2.75, 3.05) is 0 Å². The van der Waals surface area contributed by atoms with E-state index in [0.717, 1.165) is 5.56 Å². The van der Waals surface area contributed by atoms with E-state index in [4.69, 9.17) is 4.74 Å². The molecule has 33 heavy (non-hydrogen) atoms. The van der Waals surface area contributed by atoms with Gasteiger partial charge in [0, 0.05) is 13.6 Å². The smallest absolute Gasteiger partial charge is 0.262 e. The fourth-order valence-electron chi connectivity index (χ4n) is 3.78. The van der Waals surface area contributed by atoms with Gasteiger partial charge in [-0.15, -0.1) is 10.2 Å². The monoisotopic (exact) mass is 439 g/mol. The Morgan fingerprint density at radius 2 is 1.67 bits per heavy atom. The molecule has 3 aromatic carbocycles. The van der Waals surface area contributed by atoms with E-state index in [-0.39, 0.29) is 18.1 Å². The van der Waals surface area contributed by atoms with Crippen LogP contribution in [0.5, 0.6) is 5.75 Å². The first-order valence-corrected chi connectivity index (χ1v) is 10.5. The first kappa shape index (κ1) is 20.4. The topological polar surface area (TPSA) is 90.5 Å². The summed E-state index contributed by atoms with van der Waals surface area (Å²) in [5, 5.41) is 11.9. The summed E-state index contributed by atoms with van der Waals surface area (Å²) in [4.78, 5) is 25.4. The summed E-state index contributed by atoms with van der Waals surface area (Å²) in [5.41, 5.74) is 2.00. The molecule has 8 nitrogen and oxygen atoms in total. The number of hydrogen-bond acceptors (Lipinski definition) is 5. The van der Waals surface area contributed by atoms with Gasteiger partial charge >= 0.3 is 0 Å². The van der Waals surface area contributed by atoms with E-state index in [0.29, 0.717) is 40.4 Å². The molecule has 164 valence electrons. The highest BCUT2D eigenvalue weighted by atomic mass is 16.5. The number of nitrogens with one attached hydrogen (secondary N) is 1. The summed E-state index contributed by atoms with van der Waals surface area (Å²) in [6, 6.07) is 24.1. The van der Waals surface area contributed by atoms with E-state index >= 15 is 0 Å². The Balaban J connectivity index is 1.42. The Bertz CT molecular complexity index is 1520. The van der Waals surface area contributed by atoms with E-state index in [2.05, 4.69) is 15.5 Å². The summed E-state index contributed by atoms with van der Waals surface area (Å²) in [6.45, 7) is 0.495. The van der Waals surface area contributed by atoms with Gasteiger partial charge in [-0.1, -0.05) is 54.6 Å². The van der Waals surface area contributed by atoms with Crippen molar-refractivity contribution in [3.63, 3.8) is 0 Å². The molecule has 0 aliphatic heterocycles. The zero-order valence-electron chi connectivity index (χ0n) is 17.9. The second-order valence-corrected chi connectivity index (χ2v) is 7.59. The van der Waals surface area contributed by atoms with Crippen LogP contribution in [-0.2, 0) is 20.2 Å². The van der Waals surface area contributed by atoms with Crippen LogP contribution in [0.1, 0.15) is 21.7 Å². The van der Waals surface area contributed by atoms with Gasteiger partial charge in [0.1, 0.15) is 12.4 Å². The molecule has 1 amide bonds. The number of fused-ring (bicyclic) bond motifs is 3. The molecule has 2 aromatic heterocycles. The van der Waals surface area contributed by atoms with Crippen molar-refractivity contribution in [2.24, 2.45) is 7.05 Å². The van der Waals surface area contributed by atoms with Crippen LogP contribution in [0, 0.1) is 0 Å². The third-order valence-corrected chi connectivity index (χ3v) is 5.48. The Morgan fingerprint density at radius 1 is 0.939 bits per heavy atom. The van der Waals surface area contributed by atoms with Gasteiger partial charge in [-0.2, -0.15) is 0 Å². The van der Waals surface area contributed by atoms with Crippen LogP contribution in [0.4, 0.5) is 0 Å². The maximum atomic E-state index is 12.8. The van der Waals surface area contributed by atoms with Gasteiger partial charge in [-0.3, -0.25) is 18.6 Å². The molecule has 0 radical (unpaired) electrons. The molecule has 0 aliphatic carbocycles.